The molecule has 3 rings (SSSR count). The third-order valence-corrected chi connectivity index (χ3v) is 3.39. The maximum Gasteiger partial charge on any atom is 0.228 e. The van der Waals surface area contributed by atoms with E-state index in [1.54, 1.807) is 6.92 Å². The molecule has 0 saturated carbocycles. The summed E-state index contributed by atoms with van der Waals surface area (Å²) in [5.41, 5.74) is 3.05. The zero-order valence-corrected chi connectivity index (χ0v) is 13.1. The number of aromatic nitrogens is 1. The number of carbonyl (C=O) groups is 1. The molecule has 0 fully saturated rings. The Kier molecular flexibility index (Phi) is 4.28. The van der Waals surface area contributed by atoms with Crippen LogP contribution in [0.2, 0.25) is 0 Å². The van der Waals surface area contributed by atoms with E-state index in [0.717, 1.165) is 11.1 Å². The van der Waals surface area contributed by atoms with Crippen molar-refractivity contribution < 1.29 is 13.9 Å². The van der Waals surface area contributed by atoms with Crippen molar-refractivity contribution in [3.63, 3.8) is 0 Å². The number of carbonyl (C=O) groups excluding carboxylic acids is 1. The van der Waals surface area contributed by atoms with Gasteiger partial charge in [0.1, 0.15) is 11.3 Å². The Bertz CT molecular complexity index is 839. The molecular weight excluding hydrogens is 292 g/mol. The summed E-state index contributed by atoms with van der Waals surface area (Å²) in [5.74, 6) is 1.18. The molecule has 1 amide bonds. The highest BCUT2D eigenvalue weighted by molar-refractivity contribution is 5.94. The summed E-state index contributed by atoms with van der Waals surface area (Å²) in [6.45, 7) is 4.26. The molecule has 0 spiro atoms. The minimum Gasteiger partial charge on any atom is -0.492 e. The number of ether oxygens (including phenoxy) is 1. The Hall–Kier alpha value is -2.82. The maximum atomic E-state index is 12.3. The lowest BCUT2D eigenvalue weighted by molar-refractivity contribution is -0.115. The van der Waals surface area contributed by atoms with Gasteiger partial charge >= 0.3 is 0 Å². The van der Waals surface area contributed by atoms with Crippen LogP contribution in [-0.4, -0.2) is 17.5 Å². The molecule has 23 heavy (non-hydrogen) atoms. The van der Waals surface area contributed by atoms with E-state index >= 15 is 0 Å². The Balaban J connectivity index is 1.73. The number of oxazole rings is 1. The molecule has 0 saturated heterocycles. The molecule has 1 N–H and O–H groups in total. The van der Waals surface area contributed by atoms with Crippen LogP contribution in [0, 0.1) is 6.92 Å². The van der Waals surface area contributed by atoms with Crippen LogP contribution in [-0.2, 0) is 11.2 Å². The quantitative estimate of drug-likeness (QED) is 0.780. The van der Waals surface area contributed by atoms with E-state index in [2.05, 4.69) is 10.3 Å². The number of nitrogens with one attached hydrogen (secondary N) is 1. The molecule has 0 bridgehead atoms. The van der Waals surface area contributed by atoms with E-state index in [9.17, 15) is 4.79 Å². The van der Waals surface area contributed by atoms with Gasteiger partial charge in [0.15, 0.2) is 11.5 Å². The fourth-order valence-electron chi connectivity index (χ4n) is 2.43. The van der Waals surface area contributed by atoms with Gasteiger partial charge in [-0.3, -0.25) is 4.79 Å². The number of nitrogens with zero attached hydrogens (tertiary/aromatic N) is 1. The molecule has 0 aliphatic carbocycles. The lowest BCUT2D eigenvalue weighted by atomic mass is 10.1. The lowest BCUT2D eigenvalue weighted by Gasteiger charge is -2.11. The number of amides is 1. The molecule has 118 valence electrons. The van der Waals surface area contributed by atoms with E-state index in [4.69, 9.17) is 9.15 Å². The van der Waals surface area contributed by atoms with Crippen molar-refractivity contribution in [1.82, 2.24) is 4.98 Å². The van der Waals surface area contributed by atoms with Gasteiger partial charge in [0.2, 0.25) is 5.91 Å². The summed E-state index contributed by atoms with van der Waals surface area (Å²) < 4.78 is 11.0. The number of rotatable bonds is 5. The van der Waals surface area contributed by atoms with Crippen molar-refractivity contribution >= 4 is 22.7 Å². The van der Waals surface area contributed by atoms with Crippen molar-refractivity contribution in [2.45, 2.75) is 20.3 Å². The molecular formula is C18H18N2O3. The summed E-state index contributed by atoms with van der Waals surface area (Å²) in [4.78, 5) is 16.5. The number of para-hydroxylation sites is 2. The van der Waals surface area contributed by atoms with Crippen LogP contribution in [0.3, 0.4) is 0 Å². The second-order valence-corrected chi connectivity index (χ2v) is 5.19. The van der Waals surface area contributed by atoms with Crippen LogP contribution in [0.25, 0.3) is 11.1 Å². The minimum absolute atomic E-state index is 0.104. The third kappa shape index (κ3) is 3.51. The number of hydrogen-bond acceptors (Lipinski definition) is 4. The SMILES string of the molecule is CCOc1ccccc1NC(=O)Cc1ccc2nc(C)oc2c1. The van der Waals surface area contributed by atoms with Crippen LogP contribution in [0.4, 0.5) is 5.69 Å². The molecule has 0 unspecified atom stereocenters. The first-order valence-electron chi connectivity index (χ1n) is 7.53. The lowest BCUT2D eigenvalue weighted by Crippen LogP contribution is -2.15. The fraction of sp³-hybridized carbons (Fsp3) is 0.222. The minimum atomic E-state index is -0.104. The zero-order chi connectivity index (χ0) is 16.2. The standard InChI is InChI=1S/C18H18N2O3/c1-3-22-16-7-5-4-6-14(16)20-18(21)11-13-8-9-15-17(10-13)23-12(2)19-15/h4-10H,3,11H2,1-2H3,(H,20,21). The Labute approximate surface area is 134 Å². The Morgan fingerprint density at radius 2 is 2.09 bits per heavy atom. The van der Waals surface area contributed by atoms with Crippen molar-refractivity contribution in [2.75, 3.05) is 11.9 Å². The van der Waals surface area contributed by atoms with Crippen LogP contribution in [0.1, 0.15) is 18.4 Å². The van der Waals surface area contributed by atoms with Crippen molar-refractivity contribution in [1.29, 1.82) is 0 Å². The van der Waals surface area contributed by atoms with Gasteiger partial charge in [0.25, 0.3) is 0 Å². The Morgan fingerprint density at radius 3 is 2.91 bits per heavy atom. The van der Waals surface area contributed by atoms with Crippen molar-refractivity contribution in [3.05, 3.63) is 53.9 Å². The van der Waals surface area contributed by atoms with Gasteiger partial charge in [0, 0.05) is 6.92 Å². The molecule has 3 aromatic rings. The van der Waals surface area contributed by atoms with E-state index in [0.29, 0.717) is 29.5 Å². The number of benzene rings is 2. The second kappa shape index (κ2) is 6.52. The van der Waals surface area contributed by atoms with Gasteiger partial charge in [-0.1, -0.05) is 18.2 Å². The summed E-state index contributed by atoms with van der Waals surface area (Å²) >= 11 is 0. The van der Waals surface area contributed by atoms with Crippen LogP contribution in [0.5, 0.6) is 5.75 Å². The average molecular weight is 310 g/mol. The van der Waals surface area contributed by atoms with Gasteiger partial charge in [0.05, 0.1) is 18.7 Å². The third-order valence-electron chi connectivity index (χ3n) is 3.39. The van der Waals surface area contributed by atoms with E-state index < -0.39 is 0 Å². The number of hydrogen-bond donors (Lipinski definition) is 1. The first-order chi connectivity index (χ1) is 11.2. The molecule has 5 nitrogen and oxygen atoms in total. The molecule has 0 aliphatic rings. The normalized spacial score (nSPS) is 10.7. The predicted molar refractivity (Wildman–Crippen MR) is 88.7 cm³/mol. The van der Waals surface area contributed by atoms with E-state index in [1.807, 2.05) is 49.4 Å². The largest absolute Gasteiger partial charge is 0.492 e. The number of aryl methyl sites for hydroxylation is 1. The molecule has 0 radical (unpaired) electrons. The topological polar surface area (TPSA) is 64.4 Å². The van der Waals surface area contributed by atoms with Crippen LogP contribution in [0.15, 0.2) is 46.9 Å². The van der Waals surface area contributed by atoms with Crippen LogP contribution >= 0.6 is 0 Å². The number of fused-ring (bicyclic) bond motifs is 1. The van der Waals surface area contributed by atoms with Gasteiger partial charge < -0.3 is 14.5 Å². The average Bonchev–Trinajstić information content (AvgIpc) is 2.89. The highest BCUT2D eigenvalue weighted by atomic mass is 16.5. The van der Waals surface area contributed by atoms with E-state index in [1.165, 1.54) is 0 Å². The summed E-state index contributed by atoms with van der Waals surface area (Å²) in [6, 6.07) is 13.0. The van der Waals surface area contributed by atoms with Gasteiger partial charge in [-0.25, -0.2) is 4.98 Å². The first kappa shape index (κ1) is 15.1. The highest BCUT2D eigenvalue weighted by Crippen LogP contribution is 2.24. The van der Waals surface area contributed by atoms with E-state index in [-0.39, 0.29) is 12.3 Å². The molecule has 2 aromatic carbocycles. The predicted octanol–water partition coefficient (Wildman–Crippen LogP) is 3.72. The molecule has 1 aromatic heterocycles. The summed E-state index contributed by atoms with van der Waals surface area (Å²) in [5, 5.41) is 2.89. The molecule has 1 heterocycles. The first-order valence-corrected chi connectivity index (χ1v) is 7.53. The van der Waals surface area contributed by atoms with Gasteiger partial charge in [-0.15, -0.1) is 0 Å². The summed E-state index contributed by atoms with van der Waals surface area (Å²) in [7, 11) is 0. The van der Waals surface area contributed by atoms with Crippen molar-refractivity contribution in [3.8, 4) is 5.75 Å². The Morgan fingerprint density at radius 1 is 1.26 bits per heavy atom. The van der Waals surface area contributed by atoms with Gasteiger partial charge in [-0.05, 0) is 36.8 Å². The van der Waals surface area contributed by atoms with Crippen molar-refractivity contribution in [2.24, 2.45) is 0 Å². The molecule has 0 atom stereocenters. The number of anilines is 1. The smallest absolute Gasteiger partial charge is 0.228 e. The van der Waals surface area contributed by atoms with Crippen LogP contribution < -0.4 is 10.1 Å². The zero-order valence-electron chi connectivity index (χ0n) is 13.1. The second-order valence-electron chi connectivity index (χ2n) is 5.19. The fourth-order valence-corrected chi connectivity index (χ4v) is 2.43. The highest BCUT2D eigenvalue weighted by Gasteiger charge is 2.10. The maximum absolute atomic E-state index is 12.3. The monoisotopic (exact) mass is 310 g/mol. The molecule has 0 aliphatic heterocycles. The summed E-state index contributed by atoms with van der Waals surface area (Å²) in [6.07, 6.45) is 0.260. The molecule has 5 heteroatoms. The van der Waals surface area contributed by atoms with Gasteiger partial charge in [-0.2, -0.15) is 0 Å².